The molecule has 0 radical (unpaired) electrons. The number of carbonyl (C=O) groups excluding carboxylic acids is 2. The number of aromatic nitrogens is 2. The summed E-state index contributed by atoms with van der Waals surface area (Å²) in [6.45, 7) is 3.43. The van der Waals surface area contributed by atoms with Crippen LogP contribution in [0, 0.1) is 23.6 Å². The highest BCUT2D eigenvalue weighted by atomic mass is 32.2. The molecule has 1 saturated carbocycles. The molecule has 2 aliphatic rings. The van der Waals surface area contributed by atoms with Crippen LogP contribution in [0.25, 0.3) is 0 Å². The Kier molecular flexibility index (Phi) is 11.8. The maximum Gasteiger partial charge on any atom is 0.243 e. The number of hydrogen-bond acceptors (Lipinski definition) is 9. The van der Waals surface area contributed by atoms with Gasteiger partial charge in [-0.25, -0.2) is 15.0 Å². The van der Waals surface area contributed by atoms with E-state index in [-0.39, 0.29) is 24.6 Å². The standard InChI is InChI=1S/C20H31FN6O3S.C2H7N/c1-13-7-8-26(10-13)18-16(21)17(22-20(23-18)31-2)24-25-19(29)15(11-27(30)12-28)9-14-5-3-4-6-14;1-3-2/h12-15,30H,3-11H2,1-2H3,(H,25,29)(H,22,23,24);3H,1-2H3/t13-,15?;/m0./s1. The van der Waals surface area contributed by atoms with Gasteiger partial charge < -0.3 is 10.2 Å². The molecule has 192 valence electrons. The summed E-state index contributed by atoms with van der Waals surface area (Å²) in [6.07, 6.45) is 7.90. The van der Waals surface area contributed by atoms with Crippen molar-refractivity contribution in [3.63, 3.8) is 0 Å². The van der Waals surface area contributed by atoms with Crippen molar-refractivity contribution in [2.24, 2.45) is 17.8 Å². The van der Waals surface area contributed by atoms with E-state index in [4.69, 9.17) is 0 Å². The molecule has 2 amide bonds. The first kappa shape index (κ1) is 28.1. The van der Waals surface area contributed by atoms with Crippen LogP contribution in [0.4, 0.5) is 16.0 Å². The lowest BCUT2D eigenvalue weighted by molar-refractivity contribution is -0.154. The molecule has 1 aliphatic carbocycles. The molecule has 1 aromatic rings. The van der Waals surface area contributed by atoms with Gasteiger partial charge in [-0.05, 0) is 45.0 Å². The third-order valence-corrected chi connectivity index (χ3v) is 6.56. The van der Waals surface area contributed by atoms with Crippen LogP contribution in [0.15, 0.2) is 5.16 Å². The zero-order valence-corrected chi connectivity index (χ0v) is 21.3. The highest BCUT2D eigenvalue weighted by Crippen LogP contribution is 2.31. The molecule has 34 heavy (non-hydrogen) atoms. The van der Waals surface area contributed by atoms with Gasteiger partial charge in [0.25, 0.3) is 0 Å². The fourth-order valence-electron chi connectivity index (χ4n) is 4.33. The highest BCUT2D eigenvalue weighted by Gasteiger charge is 2.28. The molecule has 1 aromatic heterocycles. The molecule has 0 aromatic carbocycles. The zero-order chi connectivity index (χ0) is 25.1. The van der Waals surface area contributed by atoms with Crippen LogP contribution in [-0.2, 0) is 9.59 Å². The van der Waals surface area contributed by atoms with Crippen molar-refractivity contribution in [1.29, 1.82) is 0 Å². The molecule has 0 bridgehead atoms. The Labute approximate surface area is 205 Å². The van der Waals surface area contributed by atoms with Gasteiger partial charge in [0.2, 0.25) is 18.1 Å². The Morgan fingerprint density at radius 2 is 2.00 bits per heavy atom. The number of nitrogens with zero attached hydrogens (tertiary/aromatic N) is 4. The number of hydrogen-bond donors (Lipinski definition) is 4. The van der Waals surface area contributed by atoms with Gasteiger partial charge in [0.1, 0.15) is 0 Å². The van der Waals surface area contributed by atoms with E-state index >= 15 is 4.39 Å². The van der Waals surface area contributed by atoms with Crippen molar-refractivity contribution in [1.82, 2.24) is 25.8 Å². The summed E-state index contributed by atoms with van der Waals surface area (Å²) in [5.41, 5.74) is 5.13. The molecule has 10 nitrogen and oxygen atoms in total. The molecule has 1 saturated heterocycles. The molecule has 0 spiro atoms. The van der Waals surface area contributed by atoms with Gasteiger partial charge in [-0.15, -0.1) is 0 Å². The molecule has 2 heterocycles. The van der Waals surface area contributed by atoms with Gasteiger partial charge in [0, 0.05) is 13.1 Å². The SMILES string of the molecule is CNC.CSc1nc(NNC(=O)C(CC2CCCC2)CN(O)C=O)c(F)c(N2CC[C@H](C)C2)n1. The first-order valence-corrected chi connectivity index (χ1v) is 13.0. The third kappa shape index (κ3) is 8.24. The van der Waals surface area contributed by atoms with Crippen molar-refractivity contribution in [3.8, 4) is 0 Å². The van der Waals surface area contributed by atoms with Gasteiger partial charge in [-0.3, -0.25) is 25.6 Å². The monoisotopic (exact) mass is 499 g/mol. The Morgan fingerprint density at radius 1 is 1.32 bits per heavy atom. The molecular formula is C22H38FN7O3S. The summed E-state index contributed by atoms with van der Waals surface area (Å²) in [4.78, 5) is 34.0. The minimum absolute atomic E-state index is 0.0990. The predicted octanol–water partition coefficient (Wildman–Crippen LogP) is 2.51. The fourth-order valence-corrected chi connectivity index (χ4v) is 4.69. The molecule has 1 aliphatic heterocycles. The summed E-state index contributed by atoms with van der Waals surface area (Å²) in [5, 5.41) is 13.2. The number of hydroxylamine groups is 2. The molecule has 4 N–H and O–H groups in total. The van der Waals surface area contributed by atoms with Crippen LogP contribution in [0.3, 0.4) is 0 Å². The number of rotatable bonds is 10. The summed E-state index contributed by atoms with van der Waals surface area (Å²) in [6, 6.07) is 0. The van der Waals surface area contributed by atoms with Crippen molar-refractivity contribution >= 4 is 35.7 Å². The Balaban J connectivity index is 0.00000129. The van der Waals surface area contributed by atoms with Crippen molar-refractivity contribution in [3.05, 3.63) is 5.82 Å². The van der Waals surface area contributed by atoms with E-state index in [1.54, 1.807) is 6.26 Å². The minimum Gasteiger partial charge on any atom is -0.354 e. The molecule has 1 unspecified atom stereocenters. The quantitative estimate of drug-likeness (QED) is 0.126. The van der Waals surface area contributed by atoms with E-state index < -0.39 is 17.6 Å². The number of nitrogens with one attached hydrogen (secondary N) is 3. The zero-order valence-electron chi connectivity index (χ0n) is 20.5. The smallest absolute Gasteiger partial charge is 0.243 e. The fraction of sp³-hybridized carbons (Fsp3) is 0.727. The van der Waals surface area contributed by atoms with Gasteiger partial charge in [-0.1, -0.05) is 44.4 Å². The second-order valence-electron chi connectivity index (χ2n) is 8.96. The third-order valence-electron chi connectivity index (χ3n) is 6.02. The van der Waals surface area contributed by atoms with E-state index in [0.717, 1.165) is 45.2 Å². The molecule has 2 atom stereocenters. The van der Waals surface area contributed by atoms with Crippen LogP contribution >= 0.6 is 11.8 Å². The van der Waals surface area contributed by atoms with Gasteiger partial charge in [-0.2, -0.15) is 4.39 Å². The number of anilines is 2. The number of halogens is 1. The van der Waals surface area contributed by atoms with Crippen LogP contribution in [0.1, 0.15) is 45.4 Å². The molecule has 3 rings (SSSR count). The van der Waals surface area contributed by atoms with Gasteiger partial charge in [0.15, 0.2) is 16.8 Å². The highest BCUT2D eigenvalue weighted by molar-refractivity contribution is 7.98. The first-order valence-electron chi connectivity index (χ1n) is 11.7. The molecular weight excluding hydrogens is 461 g/mol. The Bertz CT molecular complexity index is 798. The van der Waals surface area contributed by atoms with E-state index in [1.807, 2.05) is 19.0 Å². The first-order chi connectivity index (χ1) is 16.3. The maximum absolute atomic E-state index is 15.1. The van der Waals surface area contributed by atoms with Crippen molar-refractivity contribution in [2.45, 2.75) is 50.6 Å². The van der Waals surface area contributed by atoms with Gasteiger partial charge in [0.05, 0.1) is 12.5 Å². The van der Waals surface area contributed by atoms with Gasteiger partial charge >= 0.3 is 0 Å². The number of thioether (sulfide) groups is 1. The van der Waals surface area contributed by atoms with E-state index in [1.165, 1.54) is 11.8 Å². The minimum atomic E-state index is -0.616. The lowest BCUT2D eigenvalue weighted by atomic mass is 9.92. The van der Waals surface area contributed by atoms with Crippen LogP contribution < -0.4 is 21.1 Å². The second kappa shape index (κ2) is 14.3. The maximum atomic E-state index is 15.1. The number of hydrazine groups is 1. The van der Waals surface area contributed by atoms with E-state index in [0.29, 0.717) is 28.5 Å². The lowest BCUT2D eigenvalue weighted by Gasteiger charge is -2.23. The number of carbonyl (C=O) groups is 2. The van der Waals surface area contributed by atoms with E-state index in [2.05, 4.69) is 33.1 Å². The summed E-state index contributed by atoms with van der Waals surface area (Å²) < 4.78 is 15.1. The normalized spacial score (nSPS) is 18.8. The Hall–Kier alpha value is -2.18. The Morgan fingerprint density at radius 3 is 2.56 bits per heavy atom. The summed E-state index contributed by atoms with van der Waals surface area (Å²) >= 11 is 1.29. The van der Waals surface area contributed by atoms with Crippen LogP contribution in [0.2, 0.25) is 0 Å². The topological polar surface area (TPSA) is 123 Å². The predicted molar refractivity (Wildman–Crippen MR) is 131 cm³/mol. The molecule has 12 heteroatoms. The molecule has 2 fully saturated rings. The summed E-state index contributed by atoms with van der Waals surface area (Å²) in [5.74, 6) is -0.695. The summed E-state index contributed by atoms with van der Waals surface area (Å²) in [7, 11) is 3.75. The number of amides is 2. The second-order valence-corrected chi connectivity index (χ2v) is 9.73. The average Bonchev–Trinajstić information content (AvgIpc) is 3.49. The van der Waals surface area contributed by atoms with E-state index in [9.17, 15) is 14.8 Å². The average molecular weight is 500 g/mol. The lowest BCUT2D eigenvalue weighted by Crippen LogP contribution is -2.41. The van der Waals surface area contributed by atoms with Crippen LogP contribution in [0.5, 0.6) is 0 Å². The van der Waals surface area contributed by atoms with Crippen molar-refractivity contribution < 1.29 is 19.2 Å². The largest absolute Gasteiger partial charge is 0.354 e. The van der Waals surface area contributed by atoms with Crippen LogP contribution in [-0.4, -0.2) is 72.5 Å². The van der Waals surface area contributed by atoms with Crippen molar-refractivity contribution in [2.75, 3.05) is 50.3 Å².